The van der Waals surface area contributed by atoms with Crippen LogP contribution < -0.4 is 5.32 Å². The third kappa shape index (κ3) is 3.59. The van der Waals surface area contributed by atoms with Gasteiger partial charge < -0.3 is 10.1 Å². The summed E-state index contributed by atoms with van der Waals surface area (Å²) in [5.41, 5.74) is 1.21. The van der Waals surface area contributed by atoms with Crippen LogP contribution >= 0.6 is 0 Å². The highest BCUT2D eigenvalue weighted by atomic mass is 19.1. The van der Waals surface area contributed by atoms with E-state index in [1.54, 1.807) is 12.1 Å². The molecule has 6 nitrogen and oxygen atoms in total. The molecular formula is C19H21FN4O2. The van der Waals surface area contributed by atoms with Gasteiger partial charge in [0.15, 0.2) is 0 Å². The van der Waals surface area contributed by atoms with Gasteiger partial charge in [0, 0.05) is 43.6 Å². The van der Waals surface area contributed by atoms with E-state index in [2.05, 4.69) is 20.4 Å². The second-order valence-electron chi connectivity index (χ2n) is 6.92. The van der Waals surface area contributed by atoms with Crippen LogP contribution in [0.25, 0.3) is 0 Å². The Morgan fingerprint density at radius 2 is 2.15 bits per heavy atom. The van der Waals surface area contributed by atoms with E-state index in [0.717, 1.165) is 13.1 Å². The summed E-state index contributed by atoms with van der Waals surface area (Å²) in [5.74, 6) is 0.312. The van der Waals surface area contributed by atoms with Crippen molar-refractivity contribution in [3.63, 3.8) is 0 Å². The quantitative estimate of drug-likeness (QED) is 0.879. The first kappa shape index (κ1) is 17.1. The molecule has 2 saturated heterocycles. The molecule has 0 bridgehead atoms. The molecule has 3 heterocycles. The van der Waals surface area contributed by atoms with Gasteiger partial charge in [0.2, 0.25) is 0 Å². The van der Waals surface area contributed by atoms with Gasteiger partial charge in [0.1, 0.15) is 5.82 Å². The summed E-state index contributed by atoms with van der Waals surface area (Å²) in [4.78, 5) is 14.4. The number of hydrogen-bond donors (Lipinski definition) is 1. The third-order valence-corrected chi connectivity index (χ3v) is 5.24. The van der Waals surface area contributed by atoms with Crippen LogP contribution in [0.3, 0.4) is 0 Å². The third-order valence-electron chi connectivity index (χ3n) is 5.24. The fourth-order valence-electron chi connectivity index (χ4n) is 3.84. The van der Waals surface area contributed by atoms with Crippen LogP contribution in [-0.4, -0.2) is 53.3 Å². The summed E-state index contributed by atoms with van der Waals surface area (Å²) >= 11 is 0. The molecule has 1 amide bonds. The predicted molar refractivity (Wildman–Crippen MR) is 92.8 cm³/mol. The minimum atomic E-state index is -0.166. The van der Waals surface area contributed by atoms with Crippen molar-refractivity contribution in [2.45, 2.75) is 12.6 Å². The minimum Gasteiger partial charge on any atom is -0.376 e. The first-order valence-corrected chi connectivity index (χ1v) is 8.83. The van der Waals surface area contributed by atoms with Gasteiger partial charge in [-0.2, -0.15) is 10.2 Å². The topological polar surface area (TPSA) is 67.3 Å². The molecule has 4 rings (SSSR count). The molecule has 2 aliphatic heterocycles. The van der Waals surface area contributed by atoms with Crippen molar-refractivity contribution in [1.29, 1.82) is 0 Å². The second kappa shape index (κ2) is 7.47. The van der Waals surface area contributed by atoms with Crippen molar-refractivity contribution in [1.82, 2.24) is 20.4 Å². The highest BCUT2D eigenvalue weighted by Gasteiger charge is 2.43. The Balaban J connectivity index is 1.32. The molecule has 0 spiro atoms. The van der Waals surface area contributed by atoms with E-state index in [4.69, 9.17) is 4.74 Å². The maximum atomic E-state index is 13.9. The Morgan fingerprint density at radius 1 is 1.27 bits per heavy atom. The number of hydrogen-bond acceptors (Lipinski definition) is 5. The Morgan fingerprint density at radius 3 is 2.96 bits per heavy atom. The van der Waals surface area contributed by atoms with Crippen molar-refractivity contribution < 1.29 is 13.9 Å². The molecule has 7 heteroatoms. The maximum absolute atomic E-state index is 13.9. The summed E-state index contributed by atoms with van der Waals surface area (Å²) in [6.07, 6.45) is 3.11. The predicted octanol–water partition coefficient (Wildman–Crippen LogP) is 1.49. The zero-order valence-corrected chi connectivity index (χ0v) is 14.3. The largest absolute Gasteiger partial charge is 0.376 e. The van der Waals surface area contributed by atoms with Crippen molar-refractivity contribution in [3.05, 3.63) is 59.7 Å². The molecule has 1 aromatic heterocycles. The number of rotatable bonds is 5. The molecule has 0 saturated carbocycles. The molecule has 2 fully saturated rings. The van der Waals surface area contributed by atoms with Crippen molar-refractivity contribution in [3.8, 4) is 0 Å². The molecule has 0 radical (unpaired) electrons. The van der Waals surface area contributed by atoms with E-state index in [-0.39, 0.29) is 23.7 Å². The lowest BCUT2D eigenvalue weighted by Gasteiger charge is -2.20. The molecule has 136 valence electrons. The van der Waals surface area contributed by atoms with E-state index in [9.17, 15) is 9.18 Å². The first-order valence-electron chi connectivity index (χ1n) is 8.83. The summed E-state index contributed by atoms with van der Waals surface area (Å²) < 4.78 is 19.8. The normalized spacial score (nSPS) is 25.2. The number of nitrogens with one attached hydrogen (secondary N) is 1. The number of ether oxygens (including phenoxy) is 1. The molecule has 1 aromatic carbocycles. The number of amides is 1. The van der Waals surface area contributed by atoms with Gasteiger partial charge in [-0.1, -0.05) is 18.2 Å². The molecule has 2 aliphatic rings. The number of likely N-dealkylation sites (tertiary alicyclic amines) is 1. The Bertz CT molecular complexity index is 773. The summed E-state index contributed by atoms with van der Waals surface area (Å²) in [6, 6.07) is 8.53. The average molecular weight is 356 g/mol. The van der Waals surface area contributed by atoms with Gasteiger partial charge in [-0.15, -0.1) is 0 Å². The van der Waals surface area contributed by atoms with Crippen LogP contribution in [-0.2, 0) is 11.3 Å². The van der Waals surface area contributed by atoms with E-state index in [1.807, 2.05) is 12.1 Å². The van der Waals surface area contributed by atoms with Gasteiger partial charge in [-0.25, -0.2) is 4.39 Å². The van der Waals surface area contributed by atoms with Gasteiger partial charge in [0.25, 0.3) is 5.91 Å². The number of nitrogens with zero attached hydrogens (tertiary/aromatic N) is 3. The average Bonchev–Trinajstić information content (AvgIpc) is 3.23. The summed E-state index contributed by atoms with van der Waals surface area (Å²) in [5, 5.41) is 10.4. The fourth-order valence-corrected chi connectivity index (χ4v) is 3.84. The van der Waals surface area contributed by atoms with Gasteiger partial charge >= 0.3 is 0 Å². The Kier molecular flexibility index (Phi) is 4.90. The van der Waals surface area contributed by atoms with E-state index in [0.29, 0.717) is 36.7 Å². The van der Waals surface area contributed by atoms with Crippen molar-refractivity contribution in [2.75, 3.05) is 26.2 Å². The lowest BCUT2D eigenvalue weighted by molar-refractivity contribution is 0.0902. The SMILES string of the molecule is O=C(NC[C@@H]1CO[C@@H]2CN(Cc3ccccc3F)C[C@H]12)c1ccnnc1. The molecular weight excluding hydrogens is 335 g/mol. The van der Waals surface area contributed by atoms with E-state index >= 15 is 0 Å². The van der Waals surface area contributed by atoms with Gasteiger partial charge in [-0.3, -0.25) is 9.69 Å². The first-order chi connectivity index (χ1) is 12.7. The fraction of sp³-hybridized carbons (Fsp3) is 0.421. The second-order valence-corrected chi connectivity index (χ2v) is 6.92. The smallest absolute Gasteiger partial charge is 0.252 e. The van der Waals surface area contributed by atoms with Crippen LogP contribution in [0, 0.1) is 17.7 Å². The Hall–Kier alpha value is -2.38. The molecule has 0 aliphatic carbocycles. The van der Waals surface area contributed by atoms with Gasteiger partial charge in [0.05, 0.1) is 30.7 Å². The zero-order valence-electron chi connectivity index (χ0n) is 14.3. The number of halogens is 1. The standard InChI is InChI=1S/C19H21FN4O2/c20-17-4-2-1-3-14(17)9-24-10-16-15(12-26-18(16)11-24)7-21-19(25)13-5-6-22-23-8-13/h1-6,8,15-16,18H,7,9-12H2,(H,21,25)/t15-,16-,18-/m1/s1. The van der Waals surface area contributed by atoms with Crippen LogP contribution in [0.1, 0.15) is 15.9 Å². The highest BCUT2D eigenvalue weighted by molar-refractivity contribution is 5.93. The van der Waals surface area contributed by atoms with Crippen LogP contribution in [0.2, 0.25) is 0 Å². The number of fused-ring (bicyclic) bond motifs is 1. The number of aromatic nitrogens is 2. The maximum Gasteiger partial charge on any atom is 0.252 e. The molecule has 26 heavy (non-hydrogen) atoms. The monoisotopic (exact) mass is 356 g/mol. The number of carbonyl (C=O) groups excluding carboxylic acids is 1. The summed E-state index contributed by atoms with van der Waals surface area (Å²) in [6.45, 7) is 3.46. The van der Waals surface area contributed by atoms with E-state index < -0.39 is 0 Å². The molecule has 0 unspecified atom stereocenters. The zero-order chi connectivity index (χ0) is 17.9. The molecule has 2 aromatic rings. The van der Waals surface area contributed by atoms with Crippen molar-refractivity contribution >= 4 is 5.91 Å². The minimum absolute atomic E-state index is 0.149. The Labute approximate surface area is 151 Å². The molecule has 3 atom stereocenters. The number of benzene rings is 1. The van der Waals surface area contributed by atoms with E-state index in [1.165, 1.54) is 18.5 Å². The van der Waals surface area contributed by atoms with Crippen LogP contribution in [0.5, 0.6) is 0 Å². The van der Waals surface area contributed by atoms with Gasteiger partial charge in [-0.05, 0) is 12.1 Å². The number of carbonyl (C=O) groups is 1. The van der Waals surface area contributed by atoms with Crippen LogP contribution in [0.4, 0.5) is 4.39 Å². The summed E-state index contributed by atoms with van der Waals surface area (Å²) in [7, 11) is 0. The molecule has 1 N–H and O–H groups in total. The lowest BCUT2D eigenvalue weighted by atomic mass is 9.93. The van der Waals surface area contributed by atoms with Crippen LogP contribution in [0.15, 0.2) is 42.7 Å². The van der Waals surface area contributed by atoms with Crippen molar-refractivity contribution in [2.24, 2.45) is 11.8 Å². The highest BCUT2D eigenvalue weighted by Crippen LogP contribution is 2.34. The lowest BCUT2D eigenvalue weighted by Crippen LogP contribution is -2.34.